The lowest BCUT2D eigenvalue weighted by molar-refractivity contribution is -0.137. The summed E-state index contributed by atoms with van der Waals surface area (Å²) in [5.41, 5.74) is 5.94. The van der Waals surface area contributed by atoms with Crippen LogP contribution in [0.25, 0.3) is 0 Å². The molecule has 0 aromatic carbocycles. The van der Waals surface area contributed by atoms with Crippen molar-refractivity contribution in [2.24, 2.45) is 23.0 Å². The molecule has 0 radical (unpaired) electrons. The van der Waals surface area contributed by atoms with Crippen molar-refractivity contribution in [3.05, 3.63) is 0 Å². The van der Waals surface area contributed by atoms with Gasteiger partial charge < -0.3 is 10.6 Å². The number of likely N-dealkylation sites (tertiary alicyclic amines) is 1. The number of piperidine rings is 1. The molecule has 1 heterocycles. The lowest BCUT2D eigenvalue weighted by atomic mass is 9.83. The Kier molecular flexibility index (Phi) is 4.99. The highest BCUT2D eigenvalue weighted by Crippen LogP contribution is 2.26. The number of hydrogen-bond acceptors (Lipinski definition) is 2. The Morgan fingerprint density at radius 1 is 1.35 bits per heavy atom. The zero-order chi connectivity index (χ0) is 13.1. The van der Waals surface area contributed by atoms with Gasteiger partial charge in [-0.15, -0.1) is 0 Å². The quantitative estimate of drug-likeness (QED) is 0.822. The highest BCUT2D eigenvalue weighted by molar-refractivity contribution is 5.79. The highest BCUT2D eigenvalue weighted by atomic mass is 16.2. The second-order valence-electron chi connectivity index (χ2n) is 6.71. The lowest BCUT2D eigenvalue weighted by Crippen LogP contribution is -2.44. The highest BCUT2D eigenvalue weighted by Gasteiger charge is 2.29. The van der Waals surface area contributed by atoms with Crippen molar-refractivity contribution in [2.45, 2.75) is 47.0 Å². The van der Waals surface area contributed by atoms with E-state index in [1.165, 1.54) is 0 Å². The monoisotopic (exact) mass is 240 g/mol. The van der Waals surface area contributed by atoms with Crippen LogP contribution in [-0.4, -0.2) is 30.4 Å². The number of amides is 1. The van der Waals surface area contributed by atoms with Crippen molar-refractivity contribution >= 4 is 5.91 Å². The fraction of sp³-hybridized carbons (Fsp3) is 0.929. The van der Waals surface area contributed by atoms with Crippen molar-refractivity contribution in [2.75, 3.05) is 19.6 Å². The molecule has 2 N–H and O–H groups in total. The normalized spacial score (nSPS) is 20.4. The van der Waals surface area contributed by atoms with Crippen molar-refractivity contribution in [1.29, 1.82) is 0 Å². The molecule has 0 aromatic rings. The first kappa shape index (κ1) is 14.5. The van der Waals surface area contributed by atoms with Crippen LogP contribution in [0.4, 0.5) is 0 Å². The third kappa shape index (κ3) is 4.66. The number of rotatable bonds is 3. The molecule has 1 atom stereocenters. The summed E-state index contributed by atoms with van der Waals surface area (Å²) >= 11 is 0. The second kappa shape index (κ2) is 5.85. The van der Waals surface area contributed by atoms with E-state index in [2.05, 4.69) is 27.7 Å². The third-order valence-electron chi connectivity index (χ3n) is 3.59. The standard InChI is InChI=1S/C14H28N2O/c1-11-5-7-16(8-6-11)13(17)12(10-15)9-14(2,3)4/h11-12H,5-10,15H2,1-4H3. The summed E-state index contributed by atoms with van der Waals surface area (Å²) in [5, 5.41) is 0. The first-order valence-corrected chi connectivity index (χ1v) is 6.82. The molecule has 3 nitrogen and oxygen atoms in total. The van der Waals surface area contributed by atoms with E-state index in [0.29, 0.717) is 6.54 Å². The van der Waals surface area contributed by atoms with Crippen LogP contribution < -0.4 is 5.73 Å². The number of carbonyl (C=O) groups is 1. The zero-order valence-electron chi connectivity index (χ0n) is 11.8. The number of hydrogen-bond donors (Lipinski definition) is 1. The van der Waals surface area contributed by atoms with E-state index in [9.17, 15) is 4.79 Å². The van der Waals surface area contributed by atoms with Gasteiger partial charge in [0.05, 0.1) is 5.92 Å². The lowest BCUT2D eigenvalue weighted by Gasteiger charge is -2.34. The molecular formula is C14H28N2O. The summed E-state index contributed by atoms with van der Waals surface area (Å²) in [6.45, 7) is 11.1. The van der Waals surface area contributed by atoms with Gasteiger partial charge in [0.25, 0.3) is 0 Å². The molecule has 1 rings (SSSR count). The second-order valence-corrected chi connectivity index (χ2v) is 6.71. The van der Waals surface area contributed by atoms with E-state index < -0.39 is 0 Å². The zero-order valence-corrected chi connectivity index (χ0v) is 11.8. The number of nitrogens with two attached hydrogens (primary N) is 1. The van der Waals surface area contributed by atoms with Crippen LogP contribution in [0.3, 0.4) is 0 Å². The predicted molar refractivity (Wildman–Crippen MR) is 71.6 cm³/mol. The van der Waals surface area contributed by atoms with E-state index in [1.54, 1.807) is 0 Å². The summed E-state index contributed by atoms with van der Waals surface area (Å²) in [4.78, 5) is 14.4. The van der Waals surface area contributed by atoms with Gasteiger partial charge in [-0.1, -0.05) is 27.7 Å². The largest absolute Gasteiger partial charge is 0.342 e. The van der Waals surface area contributed by atoms with Gasteiger partial charge >= 0.3 is 0 Å². The molecule has 1 aliphatic heterocycles. The summed E-state index contributed by atoms with van der Waals surface area (Å²) in [6, 6.07) is 0. The molecule has 1 saturated heterocycles. The molecule has 1 fully saturated rings. The smallest absolute Gasteiger partial charge is 0.226 e. The average molecular weight is 240 g/mol. The van der Waals surface area contributed by atoms with Crippen LogP contribution in [0.2, 0.25) is 0 Å². The minimum atomic E-state index is 0.00315. The van der Waals surface area contributed by atoms with Crippen LogP contribution in [0.1, 0.15) is 47.0 Å². The summed E-state index contributed by atoms with van der Waals surface area (Å²) in [5.74, 6) is 1.04. The summed E-state index contributed by atoms with van der Waals surface area (Å²) < 4.78 is 0. The van der Waals surface area contributed by atoms with Gasteiger partial charge in [-0.05, 0) is 30.6 Å². The van der Waals surface area contributed by atoms with Gasteiger partial charge in [0.15, 0.2) is 0 Å². The van der Waals surface area contributed by atoms with Gasteiger partial charge in [-0.2, -0.15) is 0 Å². The predicted octanol–water partition coefficient (Wildman–Crippen LogP) is 2.26. The Balaban J connectivity index is 2.54. The minimum absolute atomic E-state index is 0.00315. The first-order valence-electron chi connectivity index (χ1n) is 6.82. The van der Waals surface area contributed by atoms with Gasteiger partial charge in [-0.25, -0.2) is 0 Å². The topological polar surface area (TPSA) is 46.3 Å². The summed E-state index contributed by atoms with van der Waals surface area (Å²) in [7, 11) is 0. The van der Waals surface area contributed by atoms with Crippen molar-refractivity contribution in [3.63, 3.8) is 0 Å². The van der Waals surface area contributed by atoms with Gasteiger partial charge in [0.2, 0.25) is 5.91 Å². The van der Waals surface area contributed by atoms with E-state index in [1.807, 2.05) is 4.90 Å². The first-order chi connectivity index (χ1) is 7.83. The SMILES string of the molecule is CC1CCN(C(=O)C(CN)CC(C)(C)C)CC1. The van der Waals surface area contributed by atoms with Crippen molar-refractivity contribution in [1.82, 2.24) is 4.90 Å². The molecule has 0 bridgehead atoms. The van der Waals surface area contributed by atoms with Crippen molar-refractivity contribution < 1.29 is 4.79 Å². The van der Waals surface area contributed by atoms with Crippen molar-refractivity contribution in [3.8, 4) is 0 Å². The van der Waals surface area contributed by atoms with E-state index in [-0.39, 0.29) is 17.2 Å². The molecule has 0 aliphatic carbocycles. The molecule has 3 heteroatoms. The maximum atomic E-state index is 12.4. The molecule has 1 unspecified atom stereocenters. The van der Waals surface area contributed by atoms with Crippen LogP contribution in [0.15, 0.2) is 0 Å². The Bertz CT molecular complexity index is 249. The van der Waals surface area contributed by atoms with Gasteiger partial charge in [0.1, 0.15) is 0 Å². The Labute approximate surface area is 106 Å². The van der Waals surface area contributed by atoms with E-state index >= 15 is 0 Å². The van der Waals surface area contributed by atoms with Crippen LogP contribution in [0.5, 0.6) is 0 Å². The molecule has 100 valence electrons. The third-order valence-corrected chi connectivity index (χ3v) is 3.59. The fourth-order valence-corrected chi connectivity index (χ4v) is 2.50. The molecule has 1 amide bonds. The average Bonchev–Trinajstić information content (AvgIpc) is 2.25. The Morgan fingerprint density at radius 3 is 2.29 bits per heavy atom. The fourth-order valence-electron chi connectivity index (χ4n) is 2.50. The van der Waals surface area contributed by atoms with Gasteiger partial charge in [0, 0.05) is 19.6 Å². The molecule has 17 heavy (non-hydrogen) atoms. The Morgan fingerprint density at radius 2 is 1.88 bits per heavy atom. The summed E-state index contributed by atoms with van der Waals surface area (Å²) in [6.07, 6.45) is 3.16. The maximum Gasteiger partial charge on any atom is 0.226 e. The molecule has 0 saturated carbocycles. The Hall–Kier alpha value is -0.570. The molecule has 1 aliphatic rings. The van der Waals surface area contributed by atoms with Crippen LogP contribution in [-0.2, 0) is 4.79 Å². The number of nitrogens with zero attached hydrogens (tertiary/aromatic N) is 1. The number of carbonyl (C=O) groups excluding carboxylic acids is 1. The van der Waals surface area contributed by atoms with Crippen LogP contribution in [0, 0.1) is 17.3 Å². The van der Waals surface area contributed by atoms with Crippen LogP contribution >= 0.6 is 0 Å². The molecule has 0 aromatic heterocycles. The van der Waals surface area contributed by atoms with Gasteiger partial charge in [-0.3, -0.25) is 4.79 Å². The minimum Gasteiger partial charge on any atom is -0.342 e. The van der Waals surface area contributed by atoms with E-state index in [4.69, 9.17) is 5.73 Å². The molecule has 0 spiro atoms. The van der Waals surface area contributed by atoms with E-state index in [0.717, 1.165) is 38.3 Å². The molecular weight excluding hydrogens is 212 g/mol. The maximum absolute atomic E-state index is 12.4.